The van der Waals surface area contributed by atoms with Crippen LogP contribution in [0.15, 0.2) is 0 Å². The van der Waals surface area contributed by atoms with E-state index in [0.29, 0.717) is 10.5 Å². The van der Waals surface area contributed by atoms with Gasteiger partial charge in [-0.2, -0.15) is 0 Å². The predicted molar refractivity (Wildman–Crippen MR) is 31.1 cm³/mol. The van der Waals surface area contributed by atoms with Crippen LogP contribution in [0.5, 0.6) is 0 Å². The molecule has 0 bridgehead atoms. The fraction of sp³-hybridized carbons (Fsp3) is 1.00. The summed E-state index contributed by atoms with van der Waals surface area (Å²) in [6.45, 7) is 2.76. The monoisotopic (exact) mass is 140 g/mol. The lowest BCUT2D eigenvalue weighted by Crippen LogP contribution is -2.32. The van der Waals surface area contributed by atoms with Crippen molar-refractivity contribution in [3.05, 3.63) is 0 Å². The van der Waals surface area contributed by atoms with Crippen LogP contribution in [0.3, 0.4) is 0 Å². The maximum atomic E-state index is 11.7. The number of halogens is 2. The quantitative estimate of drug-likeness (QED) is 0.502. The molecule has 0 spiro atoms. The van der Waals surface area contributed by atoms with Gasteiger partial charge in [-0.25, -0.2) is 8.78 Å². The van der Waals surface area contributed by atoms with Gasteiger partial charge < -0.3 is 4.43 Å². The summed E-state index contributed by atoms with van der Waals surface area (Å²) in [5.41, 5.74) is -1.23. The second kappa shape index (κ2) is 2.55. The van der Waals surface area contributed by atoms with Crippen LogP contribution >= 0.6 is 0 Å². The lowest BCUT2D eigenvalue weighted by Gasteiger charge is -2.21. The van der Waals surface area contributed by atoms with Crippen LogP contribution in [0, 0.1) is 0 Å². The standard InChI is InChI=1S/C4H10F2OSi/c1-4(2,7-8)3(5)6/h3H,1-2,8H3. The third-order valence-corrected chi connectivity index (χ3v) is 2.10. The first-order valence-electron chi connectivity index (χ1n) is 2.34. The highest BCUT2D eigenvalue weighted by Crippen LogP contribution is 2.16. The third kappa shape index (κ3) is 1.88. The molecule has 50 valence electrons. The van der Waals surface area contributed by atoms with E-state index in [2.05, 4.69) is 4.43 Å². The van der Waals surface area contributed by atoms with Gasteiger partial charge in [0.25, 0.3) is 6.43 Å². The van der Waals surface area contributed by atoms with Crippen LogP contribution in [0.25, 0.3) is 0 Å². The first kappa shape index (κ1) is 8.04. The minimum atomic E-state index is -2.38. The maximum Gasteiger partial charge on any atom is 0.265 e. The van der Waals surface area contributed by atoms with E-state index >= 15 is 0 Å². The number of hydrogen-bond donors (Lipinski definition) is 0. The van der Waals surface area contributed by atoms with Gasteiger partial charge in [-0.3, -0.25) is 0 Å². The second-order valence-corrected chi connectivity index (χ2v) is 2.52. The zero-order chi connectivity index (χ0) is 6.78. The highest BCUT2D eigenvalue weighted by Gasteiger charge is 2.27. The molecule has 0 N–H and O–H groups in total. The van der Waals surface area contributed by atoms with Gasteiger partial charge in [-0.05, 0) is 13.8 Å². The van der Waals surface area contributed by atoms with E-state index in [1.54, 1.807) is 0 Å². The Morgan fingerprint density at radius 3 is 1.88 bits per heavy atom. The highest BCUT2D eigenvalue weighted by molar-refractivity contribution is 5.98. The molecule has 0 aliphatic carbocycles. The Bertz CT molecular complexity index is 74.4. The average Bonchev–Trinajstić information content (AvgIpc) is 1.67. The SMILES string of the molecule is CC(C)(O[SiH3])C(F)F. The van der Waals surface area contributed by atoms with Gasteiger partial charge >= 0.3 is 0 Å². The van der Waals surface area contributed by atoms with Gasteiger partial charge in [0.2, 0.25) is 0 Å². The lowest BCUT2D eigenvalue weighted by atomic mass is 10.2. The van der Waals surface area contributed by atoms with Gasteiger partial charge in [-0.15, -0.1) is 0 Å². The zero-order valence-corrected chi connectivity index (χ0v) is 7.24. The molecule has 8 heavy (non-hydrogen) atoms. The average molecular weight is 140 g/mol. The molecule has 0 unspecified atom stereocenters. The Labute approximate surface area is 50.6 Å². The Kier molecular flexibility index (Phi) is 2.56. The number of rotatable bonds is 2. The van der Waals surface area contributed by atoms with E-state index in [-0.39, 0.29) is 0 Å². The molecule has 0 heterocycles. The fourth-order valence-corrected chi connectivity index (χ4v) is 0.267. The second-order valence-electron chi connectivity index (χ2n) is 2.11. The van der Waals surface area contributed by atoms with Crippen LogP contribution in [0.4, 0.5) is 8.78 Å². The molecule has 0 amide bonds. The van der Waals surface area contributed by atoms with Crippen molar-refractivity contribution in [2.24, 2.45) is 0 Å². The van der Waals surface area contributed by atoms with Crippen LogP contribution < -0.4 is 0 Å². The molecule has 0 fully saturated rings. The van der Waals surface area contributed by atoms with E-state index in [0.717, 1.165) is 0 Å². The molecule has 0 atom stereocenters. The molecule has 1 nitrogen and oxygen atoms in total. The molecule has 0 aliphatic rings. The fourth-order valence-electron chi connectivity index (χ4n) is 0.0891. The molecule has 0 radical (unpaired) electrons. The van der Waals surface area contributed by atoms with E-state index in [1.165, 1.54) is 13.8 Å². The van der Waals surface area contributed by atoms with Crippen molar-refractivity contribution in [2.45, 2.75) is 25.9 Å². The van der Waals surface area contributed by atoms with Crippen molar-refractivity contribution in [3.8, 4) is 0 Å². The van der Waals surface area contributed by atoms with Crippen LogP contribution in [0.2, 0.25) is 0 Å². The molecule has 0 aromatic carbocycles. The van der Waals surface area contributed by atoms with Gasteiger partial charge in [0, 0.05) is 0 Å². The Morgan fingerprint density at radius 2 is 1.88 bits per heavy atom. The molecule has 0 aliphatic heterocycles. The minimum absolute atomic E-state index is 0.365. The number of alkyl halides is 2. The Hall–Kier alpha value is 0.0369. The molecule has 0 aromatic heterocycles. The third-order valence-electron chi connectivity index (χ3n) is 1.05. The van der Waals surface area contributed by atoms with Crippen molar-refractivity contribution in [2.75, 3.05) is 0 Å². The normalized spacial score (nSPS) is 13.1. The van der Waals surface area contributed by atoms with Crippen LogP contribution in [-0.4, -0.2) is 22.5 Å². The molecule has 0 saturated heterocycles. The minimum Gasteiger partial charge on any atom is -0.417 e. The molecular formula is C4H10F2OSi. The van der Waals surface area contributed by atoms with E-state index in [9.17, 15) is 8.78 Å². The van der Waals surface area contributed by atoms with Crippen molar-refractivity contribution in [1.29, 1.82) is 0 Å². The van der Waals surface area contributed by atoms with Gasteiger partial charge in [-0.1, -0.05) is 0 Å². The van der Waals surface area contributed by atoms with Crippen molar-refractivity contribution >= 4 is 10.5 Å². The Balaban J connectivity index is 3.71. The molecule has 4 heteroatoms. The zero-order valence-electron chi connectivity index (χ0n) is 5.24. The molecule has 0 rings (SSSR count). The smallest absolute Gasteiger partial charge is 0.265 e. The molecular weight excluding hydrogens is 130 g/mol. The Morgan fingerprint density at radius 1 is 1.50 bits per heavy atom. The summed E-state index contributed by atoms with van der Waals surface area (Å²) < 4.78 is 28.0. The largest absolute Gasteiger partial charge is 0.417 e. The molecule has 0 saturated carbocycles. The van der Waals surface area contributed by atoms with Gasteiger partial charge in [0.05, 0.1) is 0 Å². The number of hydrogen-bond acceptors (Lipinski definition) is 1. The van der Waals surface area contributed by atoms with E-state index in [1.807, 2.05) is 0 Å². The lowest BCUT2D eigenvalue weighted by molar-refractivity contribution is -0.0469. The van der Waals surface area contributed by atoms with Gasteiger partial charge in [0.1, 0.15) is 16.1 Å². The first-order valence-corrected chi connectivity index (χ1v) is 3.15. The van der Waals surface area contributed by atoms with Crippen molar-refractivity contribution < 1.29 is 13.2 Å². The predicted octanol–water partition coefficient (Wildman–Crippen LogP) is 0.327. The van der Waals surface area contributed by atoms with Crippen molar-refractivity contribution in [3.63, 3.8) is 0 Å². The van der Waals surface area contributed by atoms with E-state index in [4.69, 9.17) is 0 Å². The summed E-state index contributed by atoms with van der Waals surface area (Å²) in [5, 5.41) is 0. The van der Waals surface area contributed by atoms with Crippen molar-refractivity contribution in [1.82, 2.24) is 0 Å². The molecule has 0 aromatic rings. The summed E-state index contributed by atoms with van der Waals surface area (Å²) in [4.78, 5) is 0. The highest BCUT2D eigenvalue weighted by atomic mass is 28.2. The van der Waals surface area contributed by atoms with E-state index < -0.39 is 12.0 Å². The maximum absolute atomic E-state index is 11.7. The van der Waals surface area contributed by atoms with Crippen LogP contribution in [-0.2, 0) is 4.43 Å². The summed E-state index contributed by atoms with van der Waals surface area (Å²) in [6, 6.07) is 0. The van der Waals surface area contributed by atoms with Crippen LogP contribution in [0.1, 0.15) is 13.8 Å². The van der Waals surface area contributed by atoms with Gasteiger partial charge in [0.15, 0.2) is 0 Å². The summed E-state index contributed by atoms with van der Waals surface area (Å²) >= 11 is 0. The summed E-state index contributed by atoms with van der Waals surface area (Å²) in [7, 11) is 0.365. The first-order chi connectivity index (χ1) is 3.50. The summed E-state index contributed by atoms with van der Waals surface area (Å²) in [6.07, 6.45) is -2.38. The summed E-state index contributed by atoms with van der Waals surface area (Å²) in [5.74, 6) is 0. The topological polar surface area (TPSA) is 9.23 Å².